The molecule has 2 fully saturated rings. The molecule has 2 rings (SSSR count). The molecule has 2 N–H and O–H groups in total. The van der Waals surface area contributed by atoms with Gasteiger partial charge < -0.3 is 10.6 Å². The van der Waals surface area contributed by atoms with Gasteiger partial charge in [-0.2, -0.15) is 0 Å². The summed E-state index contributed by atoms with van der Waals surface area (Å²) in [6.45, 7) is 8.51. The van der Waals surface area contributed by atoms with Gasteiger partial charge in [0.15, 0.2) is 0 Å². The van der Waals surface area contributed by atoms with Crippen LogP contribution < -0.4 is 10.6 Å². The van der Waals surface area contributed by atoms with Crippen molar-refractivity contribution in [2.24, 2.45) is 0 Å². The van der Waals surface area contributed by atoms with E-state index in [1.165, 1.54) is 12.8 Å². The van der Waals surface area contributed by atoms with E-state index in [9.17, 15) is 4.79 Å². The smallest absolute Gasteiger partial charge is 0.237 e. The lowest BCUT2D eigenvalue weighted by atomic mass is 10.1. The van der Waals surface area contributed by atoms with E-state index in [-0.39, 0.29) is 11.9 Å². The topological polar surface area (TPSA) is 44.4 Å². The second kappa shape index (κ2) is 6.02. The van der Waals surface area contributed by atoms with E-state index in [4.69, 9.17) is 0 Å². The highest BCUT2D eigenvalue weighted by atomic mass is 16.2. The minimum absolute atomic E-state index is 0.000531. The van der Waals surface area contributed by atoms with Crippen molar-refractivity contribution in [2.45, 2.75) is 70.6 Å². The van der Waals surface area contributed by atoms with Crippen LogP contribution in [0.3, 0.4) is 0 Å². The van der Waals surface area contributed by atoms with Crippen molar-refractivity contribution in [3.63, 3.8) is 0 Å². The van der Waals surface area contributed by atoms with Crippen molar-refractivity contribution in [3.8, 4) is 0 Å². The predicted octanol–water partition coefficient (Wildman–Crippen LogP) is 1.12. The largest absolute Gasteiger partial charge is 0.351 e. The summed E-state index contributed by atoms with van der Waals surface area (Å²) in [4.78, 5) is 14.7. The third kappa shape index (κ3) is 3.04. The number of carbonyl (C=O) groups excluding carboxylic acids is 1. The molecule has 0 bridgehead atoms. The fourth-order valence-electron chi connectivity index (χ4n) is 3.41. The maximum absolute atomic E-state index is 12.3. The van der Waals surface area contributed by atoms with Crippen LogP contribution in [0.2, 0.25) is 0 Å². The number of likely N-dealkylation sites (tertiary alicyclic amines) is 1. The summed E-state index contributed by atoms with van der Waals surface area (Å²) in [5, 5.41) is 6.53. The van der Waals surface area contributed by atoms with E-state index in [0.29, 0.717) is 18.1 Å². The van der Waals surface area contributed by atoms with Gasteiger partial charge in [0, 0.05) is 24.7 Å². The molecule has 104 valence electrons. The monoisotopic (exact) mass is 253 g/mol. The summed E-state index contributed by atoms with van der Waals surface area (Å²) in [5.74, 6) is 0.198. The van der Waals surface area contributed by atoms with Crippen molar-refractivity contribution in [1.82, 2.24) is 15.5 Å². The Kier molecular flexibility index (Phi) is 4.62. The van der Waals surface area contributed by atoms with Gasteiger partial charge in [-0.1, -0.05) is 0 Å². The van der Waals surface area contributed by atoms with Crippen LogP contribution in [-0.4, -0.2) is 48.1 Å². The molecule has 2 heterocycles. The van der Waals surface area contributed by atoms with Gasteiger partial charge in [0.1, 0.15) is 0 Å². The zero-order valence-corrected chi connectivity index (χ0v) is 11.9. The Bertz CT molecular complexity index is 279. The summed E-state index contributed by atoms with van der Waals surface area (Å²) in [6.07, 6.45) is 4.69. The Morgan fingerprint density at radius 2 is 1.94 bits per heavy atom. The van der Waals surface area contributed by atoms with Crippen molar-refractivity contribution in [2.75, 3.05) is 13.1 Å². The van der Waals surface area contributed by atoms with Gasteiger partial charge in [-0.05, 0) is 53.0 Å². The molecule has 0 aromatic carbocycles. The molecule has 18 heavy (non-hydrogen) atoms. The van der Waals surface area contributed by atoms with Crippen LogP contribution in [0.5, 0.6) is 0 Å². The molecule has 4 atom stereocenters. The van der Waals surface area contributed by atoms with Gasteiger partial charge in [-0.15, -0.1) is 0 Å². The molecule has 0 aromatic rings. The average molecular weight is 253 g/mol. The summed E-state index contributed by atoms with van der Waals surface area (Å²) in [6, 6.07) is 1.39. The molecule has 1 amide bonds. The van der Waals surface area contributed by atoms with Crippen LogP contribution in [0.25, 0.3) is 0 Å². The molecule has 0 radical (unpaired) electrons. The lowest BCUT2D eigenvalue weighted by Gasteiger charge is -2.33. The molecule has 2 saturated heterocycles. The minimum atomic E-state index is -0.000531. The molecule has 4 heteroatoms. The summed E-state index contributed by atoms with van der Waals surface area (Å²) in [5.41, 5.74) is 0. The fraction of sp³-hybridized carbons (Fsp3) is 0.929. The number of hydrogen-bond donors (Lipinski definition) is 2. The zero-order valence-electron chi connectivity index (χ0n) is 11.9. The zero-order chi connectivity index (χ0) is 13.1. The molecule has 4 nitrogen and oxygen atoms in total. The second-order valence-corrected chi connectivity index (χ2v) is 5.95. The fourth-order valence-corrected chi connectivity index (χ4v) is 3.41. The van der Waals surface area contributed by atoms with Crippen LogP contribution in [0.15, 0.2) is 0 Å². The van der Waals surface area contributed by atoms with Gasteiger partial charge >= 0.3 is 0 Å². The molecule has 0 saturated carbocycles. The quantitative estimate of drug-likeness (QED) is 0.792. The maximum Gasteiger partial charge on any atom is 0.237 e. The SMILES string of the molecule is CC1CCC(C)N1C(C)C(=O)NC1CCCNC1. The molecule has 2 aliphatic rings. The highest BCUT2D eigenvalue weighted by molar-refractivity contribution is 5.81. The standard InChI is InChI=1S/C14H27N3O/c1-10-6-7-11(2)17(10)12(3)14(18)16-13-5-4-8-15-9-13/h10-13,15H,4-9H2,1-3H3,(H,16,18). The third-order valence-electron chi connectivity index (χ3n) is 4.49. The van der Waals surface area contributed by atoms with Crippen molar-refractivity contribution >= 4 is 5.91 Å². The second-order valence-electron chi connectivity index (χ2n) is 5.95. The van der Waals surface area contributed by atoms with Crippen molar-refractivity contribution in [1.29, 1.82) is 0 Å². The predicted molar refractivity (Wildman–Crippen MR) is 73.5 cm³/mol. The molecular formula is C14H27N3O. The van der Waals surface area contributed by atoms with Crippen LogP contribution in [-0.2, 0) is 4.79 Å². The summed E-state index contributed by atoms with van der Waals surface area (Å²) < 4.78 is 0. The molecule has 0 spiro atoms. The Balaban J connectivity index is 1.87. The number of rotatable bonds is 3. The molecular weight excluding hydrogens is 226 g/mol. The lowest BCUT2D eigenvalue weighted by molar-refractivity contribution is -0.127. The number of nitrogens with one attached hydrogen (secondary N) is 2. The Morgan fingerprint density at radius 3 is 2.50 bits per heavy atom. The highest BCUT2D eigenvalue weighted by Gasteiger charge is 2.34. The number of piperidine rings is 1. The first-order valence-corrected chi connectivity index (χ1v) is 7.38. The normalized spacial score (nSPS) is 35.4. The Labute approximate surface area is 110 Å². The van der Waals surface area contributed by atoms with Crippen LogP contribution in [0, 0.1) is 0 Å². The number of nitrogens with zero attached hydrogens (tertiary/aromatic N) is 1. The first-order valence-electron chi connectivity index (χ1n) is 7.38. The van der Waals surface area contributed by atoms with E-state index in [1.807, 2.05) is 6.92 Å². The highest BCUT2D eigenvalue weighted by Crippen LogP contribution is 2.25. The lowest BCUT2D eigenvalue weighted by Crippen LogP contribution is -2.54. The summed E-state index contributed by atoms with van der Waals surface area (Å²) in [7, 11) is 0. The van der Waals surface area contributed by atoms with Gasteiger partial charge in [0.25, 0.3) is 0 Å². The van der Waals surface area contributed by atoms with Crippen LogP contribution in [0.4, 0.5) is 0 Å². The molecule has 4 unspecified atom stereocenters. The first kappa shape index (κ1) is 13.8. The number of amides is 1. The minimum Gasteiger partial charge on any atom is -0.351 e. The van der Waals surface area contributed by atoms with Gasteiger partial charge in [0.05, 0.1) is 6.04 Å². The van der Waals surface area contributed by atoms with Crippen LogP contribution in [0.1, 0.15) is 46.5 Å². The Morgan fingerprint density at radius 1 is 1.28 bits per heavy atom. The number of hydrogen-bond acceptors (Lipinski definition) is 3. The van der Waals surface area contributed by atoms with Crippen LogP contribution >= 0.6 is 0 Å². The molecule has 0 aliphatic carbocycles. The van der Waals surface area contributed by atoms with E-state index >= 15 is 0 Å². The first-order chi connectivity index (χ1) is 8.59. The van der Waals surface area contributed by atoms with E-state index < -0.39 is 0 Å². The molecule has 2 aliphatic heterocycles. The van der Waals surface area contributed by atoms with E-state index in [1.54, 1.807) is 0 Å². The van der Waals surface area contributed by atoms with E-state index in [0.717, 1.165) is 25.9 Å². The summed E-state index contributed by atoms with van der Waals surface area (Å²) >= 11 is 0. The third-order valence-corrected chi connectivity index (χ3v) is 4.49. The maximum atomic E-state index is 12.3. The van der Waals surface area contributed by atoms with Gasteiger partial charge in [-0.25, -0.2) is 0 Å². The number of carbonyl (C=O) groups is 1. The average Bonchev–Trinajstić information content (AvgIpc) is 2.69. The Hall–Kier alpha value is -0.610. The van der Waals surface area contributed by atoms with Crippen molar-refractivity contribution in [3.05, 3.63) is 0 Å². The molecule has 0 aromatic heterocycles. The van der Waals surface area contributed by atoms with Gasteiger partial charge in [0.2, 0.25) is 5.91 Å². The van der Waals surface area contributed by atoms with Crippen molar-refractivity contribution < 1.29 is 4.79 Å². The van der Waals surface area contributed by atoms with Gasteiger partial charge in [-0.3, -0.25) is 9.69 Å². The van der Waals surface area contributed by atoms with E-state index in [2.05, 4.69) is 29.4 Å².